The van der Waals surface area contributed by atoms with Crippen LogP contribution in [0.4, 0.5) is 11.4 Å². The van der Waals surface area contributed by atoms with Crippen molar-refractivity contribution in [1.82, 2.24) is 0 Å². The van der Waals surface area contributed by atoms with Crippen LogP contribution in [0.5, 0.6) is 0 Å². The summed E-state index contributed by atoms with van der Waals surface area (Å²) in [4.78, 5) is 24.8. The summed E-state index contributed by atoms with van der Waals surface area (Å²) in [5.41, 5.74) is 0.640. The van der Waals surface area contributed by atoms with Gasteiger partial charge in [-0.15, -0.1) is 11.8 Å². The molecular weight excluding hydrogens is 368 g/mol. The Bertz CT molecular complexity index is 674. The first-order chi connectivity index (χ1) is 10.5. The van der Waals surface area contributed by atoms with E-state index in [4.69, 9.17) is 0 Å². The van der Waals surface area contributed by atoms with Gasteiger partial charge >= 0.3 is 0 Å². The zero-order valence-corrected chi connectivity index (χ0v) is 14.1. The highest BCUT2D eigenvalue weighted by Gasteiger charge is 2.13. The molecule has 0 aliphatic carbocycles. The maximum absolute atomic E-state index is 12.2. The summed E-state index contributed by atoms with van der Waals surface area (Å²) < 4.78 is 0.992. The lowest BCUT2D eigenvalue weighted by atomic mass is 10.2. The number of nitrogens with zero attached hydrogens (tertiary/aromatic N) is 2. The lowest BCUT2D eigenvalue weighted by Gasteiger charge is -2.17. The zero-order valence-electron chi connectivity index (χ0n) is 11.7. The van der Waals surface area contributed by atoms with Gasteiger partial charge in [-0.2, -0.15) is 0 Å². The third kappa shape index (κ3) is 4.32. The Hall–Kier alpha value is -1.86. The van der Waals surface area contributed by atoms with Crippen LogP contribution in [0, 0.1) is 10.1 Å². The summed E-state index contributed by atoms with van der Waals surface area (Å²) >= 11 is 4.81. The standard InChI is InChI=1S/C15H13BrN2O3S/c1-17(12-4-6-13(7-5-12)18(20)21)15(19)10-22-14-8-2-11(16)3-9-14/h2-9H,10H2,1H3. The summed E-state index contributed by atoms with van der Waals surface area (Å²) in [5, 5.41) is 10.6. The van der Waals surface area contributed by atoms with Gasteiger partial charge in [0.15, 0.2) is 0 Å². The topological polar surface area (TPSA) is 63.5 Å². The number of nitro groups is 1. The lowest BCUT2D eigenvalue weighted by molar-refractivity contribution is -0.384. The Morgan fingerprint density at radius 3 is 2.32 bits per heavy atom. The predicted molar refractivity (Wildman–Crippen MR) is 91.4 cm³/mol. The number of carbonyl (C=O) groups is 1. The van der Waals surface area contributed by atoms with Gasteiger partial charge in [0.2, 0.25) is 5.91 Å². The molecule has 114 valence electrons. The Kier molecular flexibility index (Phi) is 5.57. The van der Waals surface area contributed by atoms with E-state index >= 15 is 0 Å². The summed E-state index contributed by atoms with van der Waals surface area (Å²) in [7, 11) is 1.66. The van der Waals surface area contributed by atoms with Crippen LogP contribution in [0.2, 0.25) is 0 Å². The maximum atomic E-state index is 12.2. The normalized spacial score (nSPS) is 10.3. The van der Waals surface area contributed by atoms with E-state index in [1.54, 1.807) is 19.2 Å². The van der Waals surface area contributed by atoms with Crippen molar-refractivity contribution in [2.75, 3.05) is 17.7 Å². The minimum absolute atomic E-state index is 0.00818. The first-order valence-electron chi connectivity index (χ1n) is 6.37. The molecule has 1 amide bonds. The predicted octanol–water partition coefficient (Wildman–Crippen LogP) is 4.11. The number of carbonyl (C=O) groups excluding carboxylic acids is 1. The van der Waals surface area contributed by atoms with E-state index in [9.17, 15) is 14.9 Å². The second-order valence-corrected chi connectivity index (χ2v) is 6.43. The minimum Gasteiger partial charge on any atom is -0.315 e. The first-order valence-corrected chi connectivity index (χ1v) is 8.14. The first kappa shape index (κ1) is 16.5. The van der Waals surface area contributed by atoms with Crippen molar-refractivity contribution in [2.45, 2.75) is 4.90 Å². The number of benzene rings is 2. The fourth-order valence-electron chi connectivity index (χ4n) is 1.71. The van der Waals surface area contributed by atoms with Crippen LogP contribution < -0.4 is 4.90 Å². The molecule has 0 aliphatic heterocycles. The number of nitro benzene ring substituents is 1. The van der Waals surface area contributed by atoms with E-state index in [0.717, 1.165) is 9.37 Å². The highest BCUT2D eigenvalue weighted by molar-refractivity contribution is 9.10. The van der Waals surface area contributed by atoms with Gasteiger partial charge in [-0.3, -0.25) is 14.9 Å². The molecule has 0 heterocycles. The molecule has 2 aromatic carbocycles. The van der Waals surface area contributed by atoms with E-state index < -0.39 is 4.92 Å². The van der Waals surface area contributed by atoms with E-state index in [0.29, 0.717) is 11.4 Å². The second-order valence-electron chi connectivity index (χ2n) is 4.47. The van der Waals surface area contributed by atoms with Gasteiger partial charge in [0.1, 0.15) is 0 Å². The Morgan fingerprint density at radius 2 is 1.77 bits per heavy atom. The van der Waals surface area contributed by atoms with Crippen molar-refractivity contribution in [2.24, 2.45) is 0 Å². The molecule has 22 heavy (non-hydrogen) atoms. The number of amides is 1. The molecule has 0 saturated heterocycles. The Morgan fingerprint density at radius 1 is 1.18 bits per heavy atom. The Balaban J connectivity index is 1.96. The average molecular weight is 381 g/mol. The smallest absolute Gasteiger partial charge is 0.269 e. The molecule has 2 aromatic rings. The van der Waals surface area contributed by atoms with Crippen LogP contribution in [0.1, 0.15) is 0 Å². The SMILES string of the molecule is CN(C(=O)CSc1ccc(Br)cc1)c1ccc([N+](=O)[O-])cc1. The van der Waals surface area contributed by atoms with Gasteiger partial charge < -0.3 is 4.90 Å². The molecule has 0 aliphatic rings. The van der Waals surface area contributed by atoms with E-state index in [2.05, 4.69) is 15.9 Å². The van der Waals surface area contributed by atoms with Crippen LogP contribution >= 0.6 is 27.7 Å². The van der Waals surface area contributed by atoms with Crippen LogP contribution in [-0.2, 0) is 4.79 Å². The van der Waals surface area contributed by atoms with Gasteiger partial charge in [0, 0.05) is 34.2 Å². The fraction of sp³-hybridized carbons (Fsp3) is 0.133. The number of halogens is 1. The number of anilines is 1. The highest BCUT2D eigenvalue weighted by atomic mass is 79.9. The van der Waals surface area contributed by atoms with Gasteiger partial charge in [0.25, 0.3) is 5.69 Å². The minimum atomic E-state index is -0.463. The zero-order chi connectivity index (χ0) is 16.1. The number of thioether (sulfide) groups is 1. The molecule has 7 heteroatoms. The lowest BCUT2D eigenvalue weighted by Crippen LogP contribution is -2.27. The van der Waals surface area contributed by atoms with Crippen molar-refractivity contribution in [3.63, 3.8) is 0 Å². The highest BCUT2D eigenvalue weighted by Crippen LogP contribution is 2.23. The third-order valence-electron chi connectivity index (χ3n) is 3.00. The van der Waals surface area contributed by atoms with Crippen LogP contribution in [0.25, 0.3) is 0 Å². The van der Waals surface area contributed by atoms with Gasteiger partial charge in [-0.05, 0) is 36.4 Å². The molecule has 0 atom stereocenters. The van der Waals surface area contributed by atoms with Gasteiger partial charge in [-0.25, -0.2) is 0 Å². The summed E-state index contributed by atoms with van der Waals surface area (Å²) in [6.45, 7) is 0. The number of rotatable bonds is 5. The second kappa shape index (κ2) is 7.42. The average Bonchev–Trinajstić information content (AvgIpc) is 2.53. The largest absolute Gasteiger partial charge is 0.315 e. The molecule has 0 spiro atoms. The molecule has 0 N–H and O–H groups in total. The van der Waals surface area contributed by atoms with Crippen molar-refractivity contribution in [3.05, 3.63) is 63.1 Å². The summed E-state index contributed by atoms with van der Waals surface area (Å²) in [6, 6.07) is 13.6. The summed E-state index contributed by atoms with van der Waals surface area (Å²) in [5.74, 6) is 0.233. The molecule has 0 aromatic heterocycles. The van der Waals surface area contributed by atoms with Crippen LogP contribution in [0.15, 0.2) is 57.9 Å². The van der Waals surface area contributed by atoms with Gasteiger partial charge in [-0.1, -0.05) is 15.9 Å². The number of non-ortho nitro benzene ring substituents is 1. The monoisotopic (exact) mass is 380 g/mol. The van der Waals surface area contributed by atoms with Gasteiger partial charge in [0.05, 0.1) is 10.7 Å². The molecule has 0 radical (unpaired) electrons. The fourth-order valence-corrected chi connectivity index (χ4v) is 2.79. The van der Waals surface area contributed by atoms with Crippen molar-refractivity contribution < 1.29 is 9.72 Å². The molecule has 0 saturated carbocycles. The molecule has 0 fully saturated rings. The molecule has 0 bridgehead atoms. The van der Waals surface area contributed by atoms with Crippen LogP contribution in [-0.4, -0.2) is 23.6 Å². The quantitative estimate of drug-likeness (QED) is 0.444. The Labute approximate surface area is 140 Å². The van der Waals surface area contributed by atoms with E-state index in [-0.39, 0.29) is 11.6 Å². The van der Waals surface area contributed by atoms with Crippen molar-refractivity contribution in [1.29, 1.82) is 0 Å². The maximum Gasteiger partial charge on any atom is 0.269 e. The molecule has 0 unspecified atom stereocenters. The van der Waals surface area contributed by atoms with Crippen LogP contribution in [0.3, 0.4) is 0 Å². The molecule has 2 rings (SSSR count). The third-order valence-corrected chi connectivity index (χ3v) is 4.52. The number of hydrogen-bond donors (Lipinski definition) is 0. The van der Waals surface area contributed by atoms with E-state index in [1.165, 1.54) is 28.8 Å². The van der Waals surface area contributed by atoms with E-state index in [1.807, 2.05) is 24.3 Å². The summed E-state index contributed by atoms with van der Waals surface area (Å²) in [6.07, 6.45) is 0. The van der Waals surface area contributed by atoms with Crippen molar-refractivity contribution in [3.8, 4) is 0 Å². The van der Waals surface area contributed by atoms with Crippen molar-refractivity contribution >= 4 is 45.0 Å². The molecule has 5 nitrogen and oxygen atoms in total. The molecular formula is C15H13BrN2O3S. The number of hydrogen-bond acceptors (Lipinski definition) is 4.